The lowest BCUT2D eigenvalue weighted by Crippen LogP contribution is -2.35. The highest BCUT2D eigenvalue weighted by molar-refractivity contribution is 9.10. The van der Waals surface area contributed by atoms with Crippen LogP contribution in [0.3, 0.4) is 0 Å². The maximum absolute atomic E-state index is 12.1. The van der Waals surface area contributed by atoms with Crippen LogP contribution in [-0.2, 0) is 6.54 Å². The number of aryl methyl sites for hydroxylation is 1. The Hall–Kier alpha value is -1.69. The molecule has 2 rings (SSSR count). The quantitative estimate of drug-likeness (QED) is 0.938. The van der Waals surface area contributed by atoms with Crippen LogP contribution in [0.1, 0.15) is 22.8 Å². The summed E-state index contributed by atoms with van der Waals surface area (Å²) in [6.45, 7) is 4.49. The van der Waals surface area contributed by atoms with Crippen LogP contribution in [0, 0.1) is 6.92 Å². The molecule has 1 aromatic carbocycles. The molecule has 0 saturated carbocycles. The molecule has 5 nitrogen and oxygen atoms in total. The van der Waals surface area contributed by atoms with Gasteiger partial charge in [-0.15, -0.1) is 0 Å². The average Bonchev–Trinajstić information content (AvgIpc) is 2.80. The van der Waals surface area contributed by atoms with Gasteiger partial charge in [0, 0.05) is 16.1 Å². The molecule has 100 valence electrons. The van der Waals surface area contributed by atoms with Gasteiger partial charge in [-0.3, -0.25) is 9.48 Å². The summed E-state index contributed by atoms with van der Waals surface area (Å²) in [7, 11) is 0. The van der Waals surface area contributed by atoms with Gasteiger partial charge >= 0.3 is 0 Å². The molecule has 0 aliphatic rings. The monoisotopic (exact) mass is 322 g/mol. The summed E-state index contributed by atoms with van der Waals surface area (Å²) in [5.41, 5.74) is 1.70. The summed E-state index contributed by atoms with van der Waals surface area (Å²) < 4.78 is 2.60. The second kappa shape index (κ2) is 5.97. The SMILES string of the molecule is Cc1cc(Br)cc(C(=O)N[C@@H](C)Cn2cncn2)c1. The van der Waals surface area contributed by atoms with Crippen molar-refractivity contribution in [1.29, 1.82) is 0 Å². The number of hydrogen-bond donors (Lipinski definition) is 1. The Labute approximate surface area is 120 Å². The molecule has 1 heterocycles. The Bertz CT molecular complexity index is 548. The Kier molecular flexibility index (Phi) is 4.31. The van der Waals surface area contributed by atoms with Crippen molar-refractivity contribution in [3.63, 3.8) is 0 Å². The lowest BCUT2D eigenvalue weighted by atomic mass is 10.1. The number of halogens is 1. The van der Waals surface area contributed by atoms with E-state index in [1.165, 1.54) is 6.33 Å². The van der Waals surface area contributed by atoms with E-state index in [-0.39, 0.29) is 11.9 Å². The van der Waals surface area contributed by atoms with E-state index in [2.05, 4.69) is 31.3 Å². The fourth-order valence-electron chi connectivity index (χ4n) is 1.83. The third-order valence-corrected chi connectivity index (χ3v) is 3.07. The number of nitrogens with zero attached hydrogens (tertiary/aromatic N) is 3. The average molecular weight is 323 g/mol. The first kappa shape index (κ1) is 13.7. The Morgan fingerprint density at radius 2 is 2.26 bits per heavy atom. The lowest BCUT2D eigenvalue weighted by Gasteiger charge is -2.14. The van der Waals surface area contributed by atoms with E-state index in [4.69, 9.17) is 0 Å². The summed E-state index contributed by atoms with van der Waals surface area (Å²) in [4.78, 5) is 16.0. The van der Waals surface area contributed by atoms with Crippen molar-refractivity contribution in [2.24, 2.45) is 0 Å². The van der Waals surface area contributed by atoms with E-state index in [1.54, 1.807) is 11.0 Å². The second-order valence-corrected chi connectivity index (χ2v) is 5.42. The third-order valence-electron chi connectivity index (χ3n) is 2.61. The highest BCUT2D eigenvalue weighted by atomic mass is 79.9. The minimum atomic E-state index is -0.0861. The van der Waals surface area contributed by atoms with E-state index in [1.807, 2.05) is 32.0 Å². The molecule has 19 heavy (non-hydrogen) atoms. The topological polar surface area (TPSA) is 59.8 Å². The number of hydrogen-bond acceptors (Lipinski definition) is 3. The highest BCUT2D eigenvalue weighted by Gasteiger charge is 2.11. The van der Waals surface area contributed by atoms with Gasteiger partial charge in [0.2, 0.25) is 0 Å². The van der Waals surface area contributed by atoms with Crippen LogP contribution in [-0.4, -0.2) is 26.7 Å². The zero-order chi connectivity index (χ0) is 13.8. The molecular weight excluding hydrogens is 308 g/mol. The predicted octanol–water partition coefficient (Wildman–Crippen LogP) is 2.17. The number of carbonyl (C=O) groups excluding carboxylic acids is 1. The molecule has 0 unspecified atom stereocenters. The van der Waals surface area contributed by atoms with Gasteiger partial charge in [0.15, 0.2) is 0 Å². The molecule has 2 aromatic rings. The van der Waals surface area contributed by atoms with Gasteiger partial charge in [-0.25, -0.2) is 4.98 Å². The van der Waals surface area contributed by atoms with E-state index < -0.39 is 0 Å². The number of rotatable bonds is 4. The van der Waals surface area contributed by atoms with E-state index in [9.17, 15) is 4.79 Å². The summed E-state index contributed by atoms with van der Waals surface area (Å²) >= 11 is 3.39. The lowest BCUT2D eigenvalue weighted by molar-refractivity contribution is 0.0936. The fraction of sp³-hybridized carbons (Fsp3) is 0.308. The highest BCUT2D eigenvalue weighted by Crippen LogP contribution is 2.15. The van der Waals surface area contributed by atoms with Crippen LogP contribution in [0.4, 0.5) is 0 Å². The molecule has 0 radical (unpaired) electrons. The maximum atomic E-state index is 12.1. The molecule has 1 N–H and O–H groups in total. The van der Waals surface area contributed by atoms with Crippen LogP contribution < -0.4 is 5.32 Å². The van der Waals surface area contributed by atoms with Crippen molar-refractivity contribution in [3.8, 4) is 0 Å². The number of benzene rings is 1. The van der Waals surface area contributed by atoms with Gasteiger partial charge in [0.1, 0.15) is 12.7 Å². The molecule has 6 heteroatoms. The molecule has 1 amide bonds. The van der Waals surface area contributed by atoms with Gasteiger partial charge in [0.25, 0.3) is 5.91 Å². The van der Waals surface area contributed by atoms with Gasteiger partial charge in [-0.05, 0) is 37.6 Å². The molecule has 0 fully saturated rings. The van der Waals surface area contributed by atoms with Crippen molar-refractivity contribution < 1.29 is 4.79 Å². The van der Waals surface area contributed by atoms with Gasteiger partial charge in [-0.1, -0.05) is 15.9 Å². The standard InChI is InChI=1S/C13H15BrN4O/c1-9-3-11(5-12(14)4-9)13(19)17-10(2)6-18-8-15-7-16-18/h3-5,7-8,10H,6H2,1-2H3,(H,17,19)/t10-/m0/s1. The molecule has 0 spiro atoms. The first-order valence-corrected chi connectivity index (χ1v) is 6.74. The molecule has 1 aromatic heterocycles. The number of carbonyl (C=O) groups is 1. The first-order chi connectivity index (χ1) is 9.04. The summed E-state index contributed by atoms with van der Waals surface area (Å²) in [5, 5.41) is 6.95. The molecule has 0 saturated heterocycles. The molecule has 1 atom stereocenters. The van der Waals surface area contributed by atoms with Crippen LogP contribution in [0.15, 0.2) is 35.3 Å². The smallest absolute Gasteiger partial charge is 0.251 e. The van der Waals surface area contributed by atoms with E-state index in [0.29, 0.717) is 12.1 Å². The largest absolute Gasteiger partial charge is 0.348 e. The summed E-state index contributed by atoms with van der Waals surface area (Å²) in [6.07, 6.45) is 3.11. The Morgan fingerprint density at radius 3 is 2.89 bits per heavy atom. The second-order valence-electron chi connectivity index (χ2n) is 4.51. The fourth-order valence-corrected chi connectivity index (χ4v) is 2.44. The summed E-state index contributed by atoms with van der Waals surface area (Å²) in [6, 6.07) is 5.62. The van der Waals surface area contributed by atoms with Crippen molar-refractivity contribution in [3.05, 3.63) is 46.5 Å². The van der Waals surface area contributed by atoms with Crippen LogP contribution in [0.25, 0.3) is 0 Å². The zero-order valence-corrected chi connectivity index (χ0v) is 12.4. The zero-order valence-electron chi connectivity index (χ0n) is 10.8. The predicted molar refractivity (Wildman–Crippen MR) is 75.8 cm³/mol. The molecular formula is C13H15BrN4O. The van der Waals surface area contributed by atoms with Gasteiger partial charge in [-0.2, -0.15) is 5.10 Å². The van der Waals surface area contributed by atoms with Crippen molar-refractivity contribution in [1.82, 2.24) is 20.1 Å². The number of aromatic nitrogens is 3. The van der Waals surface area contributed by atoms with E-state index >= 15 is 0 Å². The van der Waals surface area contributed by atoms with Crippen molar-refractivity contribution in [2.45, 2.75) is 26.4 Å². The first-order valence-electron chi connectivity index (χ1n) is 5.95. The minimum absolute atomic E-state index is 0.0199. The molecule has 0 aliphatic heterocycles. The van der Waals surface area contributed by atoms with Gasteiger partial charge in [0.05, 0.1) is 6.54 Å². The Morgan fingerprint density at radius 1 is 1.47 bits per heavy atom. The third kappa shape index (κ3) is 3.89. The van der Waals surface area contributed by atoms with Gasteiger partial charge < -0.3 is 5.32 Å². The van der Waals surface area contributed by atoms with E-state index in [0.717, 1.165) is 10.0 Å². The van der Waals surface area contributed by atoms with Crippen molar-refractivity contribution in [2.75, 3.05) is 0 Å². The van der Waals surface area contributed by atoms with Crippen LogP contribution in [0.5, 0.6) is 0 Å². The minimum Gasteiger partial charge on any atom is -0.348 e. The maximum Gasteiger partial charge on any atom is 0.251 e. The number of nitrogens with one attached hydrogen (secondary N) is 1. The molecule has 0 aliphatic carbocycles. The number of amides is 1. The van der Waals surface area contributed by atoms with Crippen LogP contribution in [0.2, 0.25) is 0 Å². The molecule has 0 bridgehead atoms. The summed E-state index contributed by atoms with van der Waals surface area (Å²) in [5.74, 6) is -0.0861. The van der Waals surface area contributed by atoms with Crippen molar-refractivity contribution >= 4 is 21.8 Å². The normalized spacial score (nSPS) is 12.2. The van der Waals surface area contributed by atoms with Crippen LogP contribution >= 0.6 is 15.9 Å². The Balaban J connectivity index is 2.00.